The Balaban J connectivity index is 1.96. The quantitative estimate of drug-likeness (QED) is 0.665. The third-order valence-corrected chi connectivity index (χ3v) is 3.07. The highest BCUT2D eigenvalue weighted by Gasteiger charge is 2.12. The van der Waals surface area contributed by atoms with Crippen LogP contribution in [0.3, 0.4) is 0 Å². The molecule has 0 fully saturated rings. The topological polar surface area (TPSA) is 108 Å². The summed E-state index contributed by atoms with van der Waals surface area (Å²) in [6.07, 6.45) is 1.31. The Labute approximate surface area is 125 Å². The molecule has 0 unspecified atom stereocenters. The van der Waals surface area contributed by atoms with Gasteiger partial charge in [0.1, 0.15) is 24.2 Å². The minimum absolute atomic E-state index is 0.226. The summed E-state index contributed by atoms with van der Waals surface area (Å²) in [5, 5.41) is 0. The number of aromatic nitrogens is 4. The molecule has 8 heteroatoms. The summed E-state index contributed by atoms with van der Waals surface area (Å²) in [6.45, 7) is 0.927. The van der Waals surface area contributed by atoms with E-state index in [0.29, 0.717) is 35.8 Å². The van der Waals surface area contributed by atoms with Crippen LogP contribution in [0.2, 0.25) is 0 Å². The molecule has 0 bridgehead atoms. The molecule has 0 aliphatic heterocycles. The SMILES string of the molecule is COCCOc1[c]cc(-n2c(=O)[nH]c3c(N)ncnc32)cc1. The molecule has 113 valence electrons. The van der Waals surface area contributed by atoms with E-state index in [-0.39, 0.29) is 11.5 Å². The van der Waals surface area contributed by atoms with Gasteiger partial charge in [0.25, 0.3) is 0 Å². The molecule has 1 aromatic carbocycles. The Morgan fingerprint density at radius 1 is 1.36 bits per heavy atom. The molecule has 0 atom stereocenters. The second-order valence-corrected chi connectivity index (χ2v) is 4.48. The summed E-state index contributed by atoms with van der Waals surface area (Å²) in [7, 11) is 1.60. The van der Waals surface area contributed by atoms with Crippen LogP contribution in [0.15, 0.2) is 29.3 Å². The number of anilines is 1. The van der Waals surface area contributed by atoms with Crippen LogP contribution in [0, 0.1) is 6.07 Å². The number of ether oxygens (including phenoxy) is 2. The lowest BCUT2D eigenvalue weighted by Crippen LogP contribution is -2.15. The van der Waals surface area contributed by atoms with Crippen molar-refractivity contribution in [2.45, 2.75) is 0 Å². The Morgan fingerprint density at radius 3 is 2.95 bits per heavy atom. The van der Waals surface area contributed by atoms with Gasteiger partial charge in [0.2, 0.25) is 0 Å². The molecule has 1 radical (unpaired) electrons. The number of H-pyrrole nitrogens is 1. The van der Waals surface area contributed by atoms with Crippen LogP contribution in [-0.2, 0) is 4.74 Å². The summed E-state index contributed by atoms with van der Waals surface area (Å²) in [5.41, 5.74) is 6.82. The third-order valence-electron chi connectivity index (χ3n) is 3.07. The lowest BCUT2D eigenvalue weighted by atomic mass is 10.3. The first-order chi connectivity index (χ1) is 10.7. The van der Waals surface area contributed by atoms with Crippen molar-refractivity contribution in [3.8, 4) is 11.4 Å². The van der Waals surface area contributed by atoms with Crippen LogP contribution < -0.4 is 16.2 Å². The molecule has 0 aliphatic rings. The van der Waals surface area contributed by atoms with E-state index < -0.39 is 0 Å². The average molecular weight is 300 g/mol. The van der Waals surface area contributed by atoms with E-state index in [2.05, 4.69) is 21.0 Å². The van der Waals surface area contributed by atoms with Gasteiger partial charge in [0.05, 0.1) is 12.3 Å². The number of methoxy groups -OCH3 is 1. The van der Waals surface area contributed by atoms with E-state index in [1.165, 1.54) is 10.9 Å². The van der Waals surface area contributed by atoms with Crippen molar-refractivity contribution < 1.29 is 9.47 Å². The molecule has 22 heavy (non-hydrogen) atoms. The highest BCUT2D eigenvalue weighted by Crippen LogP contribution is 2.18. The maximum atomic E-state index is 12.1. The zero-order valence-electron chi connectivity index (χ0n) is 11.9. The standard InChI is InChI=1S/C14H14N5O3/c1-21-6-7-22-10-4-2-9(3-5-10)19-13-11(18-14(19)20)12(15)16-8-17-13/h2-4,8H,6-7H2,1H3,(H,18,20)(H2,15,16,17). The number of benzene rings is 1. The van der Waals surface area contributed by atoms with Crippen LogP contribution in [0.5, 0.6) is 5.75 Å². The highest BCUT2D eigenvalue weighted by molar-refractivity contribution is 5.82. The second kappa shape index (κ2) is 5.86. The predicted molar refractivity (Wildman–Crippen MR) is 80.1 cm³/mol. The largest absolute Gasteiger partial charge is 0.491 e. The van der Waals surface area contributed by atoms with Gasteiger partial charge < -0.3 is 20.2 Å². The molecule has 0 saturated heterocycles. The maximum Gasteiger partial charge on any atom is 0.332 e. The summed E-state index contributed by atoms with van der Waals surface area (Å²) >= 11 is 0. The first kappa shape index (κ1) is 14.1. The molecule has 2 aromatic heterocycles. The van der Waals surface area contributed by atoms with Crippen molar-refractivity contribution in [2.24, 2.45) is 0 Å². The van der Waals surface area contributed by atoms with Crippen molar-refractivity contribution in [2.75, 3.05) is 26.1 Å². The van der Waals surface area contributed by atoms with Gasteiger partial charge in [0, 0.05) is 13.2 Å². The van der Waals surface area contributed by atoms with Crippen LogP contribution in [0.25, 0.3) is 16.9 Å². The van der Waals surface area contributed by atoms with Gasteiger partial charge in [-0.3, -0.25) is 0 Å². The fraction of sp³-hybridized carbons (Fsp3) is 0.214. The number of hydrogen-bond donors (Lipinski definition) is 2. The molecule has 3 rings (SSSR count). The van der Waals surface area contributed by atoms with Crippen molar-refractivity contribution in [3.05, 3.63) is 41.1 Å². The van der Waals surface area contributed by atoms with Crippen LogP contribution in [0.4, 0.5) is 5.82 Å². The van der Waals surface area contributed by atoms with Gasteiger partial charge in [-0.2, -0.15) is 0 Å². The Morgan fingerprint density at radius 2 is 2.23 bits per heavy atom. The zero-order valence-corrected chi connectivity index (χ0v) is 11.9. The van der Waals surface area contributed by atoms with E-state index in [0.717, 1.165) is 0 Å². The number of nitrogen functional groups attached to an aromatic ring is 1. The minimum atomic E-state index is -0.344. The molecule has 0 aliphatic carbocycles. The monoisotopic (exact) mass is 300 g/mol. The van der Waals surface area contributed by atoms with Crippen molar-refractivity contribution in [1.82, 2.24) is 19.5 Å². The summed E-state index contributed by atoms with van der Waals surface area (Å²) < 4.78 is 11.7. The first-order valence-corrected chi connectivity index (χ1v) is 6.55. The molecule has 3 N–H and O–H groups in total. The normalized spacial score (nSPS) is 11.0. The number of nitrogens with zero attached hydrogens (tertiary/aromatic N) is 3. The molecule has 3 aromatic rings. The number of rotatable bonds is 5. The number of aromatic amines is 1. The van der Waals surface area contributed by atoms with Gasteiger partial charge in [-0.25, -0.2) is 19.3 Å². The van der Waals surface area contributed by atoms with Gasteiger partial charge in [-0.15, -0.1) is 0 Å². The number of nitrogens with one attached hydrogen (secondary N) is 1. The van der Waals surface area contributed by atoms with Crippen molar-refractivity contribution in [3.63, 3.8) is 0 Å². The Kier molecular flexibility index (Phi) is 3.75. The summed E-state index contributed by atoms with van der Waals surface area (Å²) in [5.74, 6) is 0.798. The fourth-order valence-corrected chi connectivity index (χ4v) is 2.04. The Bertz CT molecular complexity index is 838. The highest BCUT2D eigenvalue weighted by atomic mass is 16.5. The van der Waals surface area contributed by atoms with Crippen LogP contribution >= 0.6 is 0 Å². The molecule has 2 heterocycles. The van der Waals surface area contributed by atoms with Gasteiger partial charge in [-0.05, 0) is 18.2 Å². The molecular weight excluding hydrogens is 286 g/mol. The number of hydrogen-bond acceptors (Lipinski definition) is 6. The van der Waals surface area contributed by atoms with E-state index in [4.69, 9.17) is 15.2 Å². The average Bonchev–Trinajstić information content (AvgIpc) is 2.86. The van der Waals surface area contributed by atoms with Crippen molar-refractivity contribution >= 4 is 17.0 Å². The predicted octanol–water partition coefficient (Wildman–Crippen LogP) is 0.516. The fourth-order valence-electron chi connectivity index (χ4n) is 2.04. The number of fused-ring (bicyclic) bond motifs is 1. The molecule has 0 saturated carbocycles. The van der Waals surface area contributed by atoms with E-state index in [9.17, 15) is 4.79 Å². The Hall–Kier alpha value is -2.87. The minimum Gasteiger partial charge on any atom is -0.491 e. The number of imidazole rings is 1. The maximum absolute atomic E-state index is 12.1. The second-order valence-electron chi connectivity index (χ2n) is 4.48. The van der Waals surface area contributed by atoms with Gasteiger partial charge in [0.15, 0.2) is 11.5 Å². The molecular formula is C14H14N5O3. The smallest absolute Gasteiger partial charge is 0.332 e. The summed E-state index contributed by atoms with van der Waals surface area (Å²) in [6, 6.07) is 8.08. The molecule has 8 nitrogen and oxygen atoms in total. The lowest BCUT2D eigenvalue weighted by molar-refractivity contribution is 0.146. The van der Waals surface area contributed by atoms with Gasteiger partial charge in [-0.1, -0.05) is 0 Å². The van der Waals surface area contributed by atoms with Crippen LogP contribution in [0.1, 0.15) is 0 Å². The van der Waals surface area contributed by atoms with E-state index in [1.54, 1.807) is 25.3 Å². The van der Waals surface area contributed by atoms with Crippen molar-refractivity contribution in [1.29, 1.82) is 0 Å². The van der Waals surface area contributed by atoms with E-state index >= 15 is 0 Å². The number of nitrogens with two attached hydrogens (primary N) is 1. The van der Waals surface area contributed by atoms with Crippen LogP contribution in [-0.4, -0.2) is 39.8 Å². The molecule has 0 amide bonds. The van der Waals surface area contributed by atoms with E-state index in [1.807, 2.05) is 0 Å². The molecule has 0 spiro atoms. The van der Waals surface area contributed by atoms with Gasteiger partial charge >= 0.3 is 5.69 Å². The first-order valence-electron chi connectivity index (χ1n) is 6.55. The summed E-state index contributed by atoms with van der Waals surface area (Å²) in [4.78, 5) is 22.7. The third kappa shape index (κ3) is 2.51. The zero-order chi connectivity index (χ0) is 15.5. The lowest BCUT2D eigenvalue weighted by Gasteiger charge is -2.06.